The molecule has 2 heterocycles. The predicted octanol–water partition coefficient (Wildman–Crippen LogP) is 3.64. The van der Waals surface area contributed by atoms with Crippen LogP contribution in [0.1, 0.15) is 30.4 Å². The van der Waals surface area contributed by atoms with Crippen molar-refractivity contribution in [2.45, 2.75) is 33.1 Å². The summed E-state index contributed by atoms with van der Waals surface area (Å²) in [4.78, 5) is 25.0. The summed E-state index contributed by atoms with van der Waals surface area (Å²) in [5, 5.41) is 1.19. The summed E-state index contributed by atoms with van der Waals surface area (Å²) >= 11 is 0. The van der Waals surface area contributed by atoms with Gasteiger partial charge in [0.25, 0.3) is 0 Å². The van der Waals surface area contributed by atoms with E-state index in [0.717, 1.165) is 31.4 Å². The number of hydrogen-bond donors (Lipinski definition) is 2. The van der Waals surface area contributed by atoms with Gasteiger partial charge >= 0.3 is 7.60 Å². The highest BCUT2D eigenvalue weighted by Crippen LogP contribution is 2.38. The Morgan fingerprint density at radius 2 is 1.88 bits per heavy atom. The van der Waals surface area contributed by atoms with Crippen LogP contribution in [0.5, 0.6) is 0 Å². The first-order chi connectivity index (χ1) is 11.3. The van der Waals surface area contributed by atoms with Gasteiger partial charge in [0.15, 0.2) is 0 Å². The summed E-state index contributed by atoms with van der Waals surface area (Å²) in [5.74, 6) is 0.408. The fourth-order valence-corrected chi connectivity index (χ4v) is 4.18. The maximum Gasteiger partial charge on any atom is 0.325 e. The van der Waals surface area contributed by atoms with Gasteiger partial charge in [0, 0.05) is 30.4 Å². The molecule has 0 bridgehead atoms. The number of rotatable bonds is 4. The molecule has 1 fully saturated rings. The van der Waals surface area contributed by atoms with Crippen molar-refractivity contribution < 1.29 is 14.4 Å². The van der Waals surface area contributed by atoms with Crippen LogP contribution in [0.15, 0.2) is 24.4 Å². The van der Waals surface area contributed by atoms with Crippen molar-refractivity contribution in [3.05, 3.63) is 35.5 Å². The van der Waals surface area contributed by atoms with Crippen molar-refractivity contribution in [1.82, 2.24) is 4.98 Å². The molecule has 6 heteroatoms. The van der Waals surface area contributed by atoms with Crippen LogP contribution in [-0.4, -0.2) is 34.0 Å². The molecule has 1 aliphatic rings. The number of aromatic nitrogens is 1. The Morgan fingerprint density at radius 1 is 1.21 bits per heavy atom. The van der Waals surface area contributed by atoms with Crippen molar-refractivity contribution in [1.29, 1.82) is 0 Å². The van der Waals surface area contributed by atoms with Crippen LogP contribution < -0.4 is 4.90 Å². The Hall–Kier alpha value is -1.42. The average Bonchev–Trinajstić information content (AvgIpc) is 2.53. The van der Waals surface area contributed by atoms with E-state index in [1.54, 1.807) is 0 Å². The lowest BCUT2D eigenvalue weighted by molar-refractivity contribution is 0.350. The molecule has 130 valence electrons. The molecule has 2 aromatic rings. The number of hydrogen-bond acceptors (Lipinski definition) is 3. The van der Waals surface area contributed by atoms with E-state index in [4.69, 9.17) is 9.79 Å². The average molecular weight is 348 g/mol. The molecule has 3 rings (SSSR count). The largest absolute Gasteiger partial charge is 0.371 e. The van der Waals surface area contributed by atoms with Gasteiger partial charge in [0.1, 0.15) is 0 Å². The highest BCUT2D eigenvalue weighted by molar-refractivity contribution is 7.51. The van der Waals surface area contributed by atoms with Crippen LogP contribution in [-0.2, 0) is 4.57 Å². The fourth-order valence-electron chi connectivity index (χ4n) is 3.48. The van der Waals surface area contributed by atoms with Gasteiger partial charge in [0.2, 0.25) is 0 Å². The third-order valence-electron chi connectivity index (χ3n) is 5.12. The minimum Gasteiger partial charge on any atom is -0.371 e. The van der Waals surface area contributed by atoms with Crippen molar-refractivity contribution in [2.24, 2.45) is 5.92 Å². The highest BCUT2D eigenvalue weighted by atomic mass is 31.2. The van der Waals surface area contributed by atoms with Gasteiger partial charge in [-0.05, 0) is 68.4 Å². The molecule has 0 unspecified atom stereocenters. The number of fused-ring (bicyclic) bond motifs is 1. The summed E-state index contributed by atoms with van der Waals surface area (Å²) in [6.07, 6.45) is 4.46. The molecular formula is C18H25N2O3P. The van der Waals surface area contributed by atoms with Crippen molar-refractivity contribution in [2.75, 3.05) is 24.2 Å². The van der Waals surface area contributed by atoms with E-state index in [0.29, 0.717) is 12.3 Å². The summed E-state index contributed by atoms with van der Waals surface area (Å²) in [6.45, 7) is 6.09. The van der Waals surface area contributed by atoms with E-state index in [2.05, 4.69) is 41.9 Å². The molecule has 1 aromatic carbocycles. The lowest BCUT2D eigenvalue weighted by Gasteiger charge is -2.34. The van der Waals surface area contributed by atoms with Gasteiger partial charge in [-0.25, -0.2) is 0 Å². The number of nitrogens with zero attached hydrogens (tertiary/aromatic N) is 2. The third-order valence-corrected chi connectivity index (χ3v) is 5.96. The zero-order valence-corrected chi connectivity index (χ0v) is 15.2. The van der Waals surface area contributed by atoms with E-state index in [1.807, 2.05) is 6.20 Å². The van der Waals surface area contributed by atoms with Gasteiger partial charge in [-0.15, -0.1) is 0 Å². The fraction of sp³-hybridized carbons (Fsp3) is 0.500. The smallest absolute Gasteiger partial charge is 0.325 e. The van der Waals surface area contributed by atoms with Crippen molar-refractivity contribution >= 4 is 24.2 Å². The van der Waals surface area contributed by atoms with E-state index >= 15 is 0 Å². The summed E-state index contributed by atoms with van der Waals surface area (Å²) < 4.78 is 11.0. The number of benzene rings is 1. The SMILES string of the molecule is Cc1cc2nccc(N3CCC(CCP(=O)(O)O)CC3)c2cc1C. The normalized spacial score (nSPS) is 16.8. The minimum atomic E-state index is -3.87. The quantitative estimate of drug-likeness (QED) is 0.826. The van der Waals surface area contributed by atoms with Crippen LogP contribution in [0.4, 0.5) is 5.69 Å². The predicted molar refractivity (Wildman–Crippen MR) is 97.7 cm³/mol. The van der Waals surface area contributed by atoms with E-state index in [1.165, 1.54) is 22.2 Å². The molecule has 0 aliphatic carbocycles. The molecular weight excluding hydrogens is 323 g/mol. The molecule has 5 nitrogen and oxygen atoms in total. The number of aryl methyl sites for hydroxylation is 2. The summed E-state index contributed by atoms with van der Waals surface area (Å²) in [6, 6.07) is 6.43. The second-order valence-electron chi connectivity index (χ2n) is 6.89. The lowest BCUT2D eigenvalue weighted by atomic mass is 9.93. The first-order valence-corrected chi connectivity index (χ1v) is 10.3. The third kappa shape index (κ3) is 3.97. The number of pyridine rings is 1. The molecule has 24 heavy (non-hydrogen) atoms. The maximum atomic E-state index is 11.0. The van der Waals surface area contributed by atoms with E-state index < -0.39 is 7.60 Å². The molecule has 0 saturated carbocycles. The maximum absolute atomic E-state index is 11.0. The topological polar surface area (TPSA) is 73.7 Å². The Morgan fingerprint density at radius 3 is 2.54 bits per heavy atom. The second kappa shape index (κ2) is 6.83. The molecule has 2 N–H and O–H groups in total. The zero-order valence-electron chi connectivity index (χ0n) is 14.3. The Bertz CT molecular complexity index is 779. The van der Waals surface area contributed by atoms with Crippen molar-refractivity contribution in [3.8, 4) is 0 Å². The van der Waals surface area contributed by atoms with E-state index in [9.17, 15) is 4.57 Å². The number of anilines is 1. The highest BCUT2D eigenvalue weighted by Gasteiger charge is 2.23. The molecule has 0 spiro atoms. The van der Waals surface area contributed by atoms with Crippen LogP contribution in [0, 0.1) is 19.8 Å². The molecule has 1 aliphatic heterocycles. The van der Waals surface area contributed by atoms with Crippen LogP contribution >= 0.6 is 7.60 Å². The molecule has 0 atom stereocenters. The molecule has 0 amide bonds. The molecule has 0 radical (unpaired) electrons. The first-order valence-electron chi connectivity index (χ1n) is 8.49. The summed E-state index contributed by atoms with van der Waals surface area (Å²) in [5.41, 5.74) is 4.77. The van der Waals surface area contributed by atoms with Gasteiger partial charge in [0.05, 0.1) is 11.7 Å². The van der Waals surface area contributed by atoms with Crippen LogP contribution in [0.3, 0.4) is 0 Å². The minimum absolute atomic E-state index is 0.00826. The van der Waals surface area contributed by atoms with Crippen LogP contribution in [0.25, 0.3) is 10.9 Å². The monoisotopic (exact) mass is 348 g/mol. The Balaban J connectivity index is 1.74. The number of piperidine rings is 1. The first kappa shape index (κ1) is 17.4. The Labute approximate surface area is 142 Å². The van der Waals surface area contributed by atoms with Gasteiger partial charge in [-0.1, -0.05) is 0 Å². The van der Waals surface area contributed by atoms with Gasteiger partial charge < -0.3 is 14.7 Å². The summed E-state index contributed by atoms with van der Waals surface area (Å²) in [7, 11) is -3.87. The lowest BCUT2D eigenvalue weighted by Crippen LogP contribution is -2.34. The van der Waals surface area contributed by atoms with Crippen LogP contribution in [0.2, 0.25) is 0 Å². The van der Waals surface area contributed by atoms with E-state index in [-0.39, 0.29) is 6.16 Å². The van der Waals surface area contributed by atoms with Gasteiger partial charge in [-0.3, -0.25) is 9.55 Å². The zero-order chi connectivity index (χ0) is 17.3. The molecule has 1 aromatic heterocycles. The second-order valence-corrected chi connectivity index (χ2v) is 8.67. The molecule has 1 saturated heterocycles. The Kier molecular flexibility index (Phi) is 4.95. The van der Waals surface area contributed by atoms with Gasteiger partial charge in [-0.2, -0.15) is 0 Å². The standard InChI is InChI=1S/C18H25N2O3P/c1-13-11-16-17(12-14(13)2)19-7-3-18(16)20-8-4-15(5-9-20)6-10-24(21,22)23/h3,7,11-12,15H,4-6,8-10H2,1-2H3,(H2,21,22,23). The van der Waals surface area contributed by atoms with Crippen molar-refractivity contribution in [3.63, 3.8) is 0 Å².